The largest absolute Gasteiger partial charge is 0.510 e. The Kier molecular flexibility index (Phi) is 3.87. The predicted molar refractivity (Wildman–Crippen MR) is 37.8 cm³/mol. The molecule has 5 nitrogen and oxygen atoms in total. The van der Waals surface area contributed by atoms with Gasteiger partial charge in [-0.2, -0.15) is 0 Å². The minimum atomic E-state index is -0.917. The summed E-state index contributed by atoms with van der Waals surface area (Å²) in [5.74, 6) is -1.27. The lowest BCUT2D eigenvalue weighted by Gasteiger charge is -1.97. The molecule has 0 unspecified atom stereocenters. The second-order valence-electron chi connectivity index (χ2n) is 1.73. The highest BCUT2D eigenvalue weighted by Crippen LogP contribution is 2.07. The Morgan fingerprint density at radius 1 is 1.64 bits per heavy atom. The second kappa shape index (κ2) is 4.43. The number of esters is 1. The average Bonchev–Trinajstić information content (AvgIpc) is 2.05. The number of rotatable bonds is 3. The van der Waals surface area contributed by atoms with E-state index in [2.05, 4.69) is 9.91 Å². The monoisotopic (exact) mass is 159 g/mol. The number of hydrogen-bond acceptors (Lipinski definition) is 5. The molecule has 0 fully saturated rings. The Bertz CT molecular complexity index is 197. The number of methoxy groups -OCH3 is 1. The number of allylic oxidation sites excluding steroid dienone is 1. The van der Waals surface area contributed by atoms with Gasteiger partial charge in [-0.15, -0.1) is 4.91 Å². The van der Waals surface area contributed by atoms with E-state index in [-0.39, 0.29) is 12.2 Å². The van der Waals surface area contributed by atoms with Gasteiger partial charge in [0.25, 0.3) is 0 Å². The number of aliphatic hydroxyl groups excluding tert-OH is 1. The van der Waals surface area contributed by atoms with Crippen LogP contribution in [0.2, 0.25) is 0 Å². The predicted octanol–water partition coefficient (Wildman–Crippen LogP) is 1.11. The van der Waals surface area contributed by atoms with E-state index in [1.165, 1.54) is 0 Å². The molecule has 1 N–H and O–H groups in total. The standard InChI is InChI=1S/C6H9NO4/c1-3-4(8)5(7-10)6(9)11-2/h8H,3H2,1-2H3/b5-4+. The lowest BCUT2D eigenvalue weighted by molar-refractivity contribution is -0.136. The molecule has 0 radical (unpaired) electrons. The molecule has 0 saturated heterocycles. The van der Waals surface area contributed by atoms with Gasteiger partial charge in [-0.1, -0.05) is 6.92 Å². The fraction of sp³-hybridized carbons (Fsp3) is 0.500. The van der Waals surface area contributed by atoms with Crippen LogP contribution in [0, 0.1) is 4.91 Å². The molecular formula is C6H9NO4. The Morgan fingerprint density at radius 3 is 2.45 bits per heavy atom. The molecule has 0 aliphatic carbocycles. The van der Waals surface area contributed by atoms with E-state index in [0.717, 1.165) is 7.11 Å². The first kappa shape index (κ1) is 9.61. The number of carbonyl (C=O) groups is 1. The molecule has 0 aromatic rings. The van der Waals surface area contributed by atoms with Crippen LogP contribution in [0.25, 0.3) is 0 Å². The van der Waals surface area contributed by atoms with Gasteiger partial charge < -0.3 is 9.84 Å². The summed E-state index contributed by atoms with van der Waals surface area (Å²) in [4.78, 5) is 20.5. The highest BCUT2D eigenvalue weighted by molar-refractivity contribution is 5.88. The first-order valence-corrected chi connectivity index (χ1v) is 3.01. The number of ether oxygens (including phenoxy) is 1. The van der Waals surface area contributed by atoms with E-state index in [0.29, 0.717) is 0 Å². The maximum Gasteiger partial charge on any atom is 0.363 e. The van der Waals surface area contributed by atoms with Crippen LogP contribution >= 0.6 is 0 Å². The number of nitroso groups, excluding NO2 is 1. The van der Waals surface area contributed by atoms with E-state index in [1.54, 1.807) is 6.92 Å². The quantitative estimate of drug-likeness (QED) is 0.289. The van der Waals surface area contributed by atoms with Crippen LogP contribution in [0.4, 0.5) is 0 Å². The molecule has 5 heteroatoms. The van der Waals surface area contributed by atoms with E-state index < -0.39 is 11.7 Å². The molecule has 0 atom stereocenters. The molecule has 0 aromatic heterocycles. The van der Waals surface area contributed by atoms with Crippen molar-refractivity contribution in [3.05, 3.63) is 16.4 Å². The summed E-state index contributed by atoms with van der Waals surface area (Å²) in [6, 6.07) is 0. The van der Waals surface area contributed by atoms with Gasteiger partial charge in [-0.05, 0) is 5.18 Å². The van der Waals surface area contributed by atoms with Crippen molar-refractivity contribution in [2.45, 2.75) is 13.3 Å². The summed E-state index contributed by atoms with van der Waals surface area (Å²) < 4.78 is 4.18. The minimum Gasteiger partial charge on any atom is -0.510 e. The third kappa shape index (κ3) is 2.37. The maximum atomic E-state index is 10.6. The second-order valence-corrected chi connectivity index (χ2v) is 1.73. The van der Waals surface area contributed by atoms with Crippen molar-refractivity contribution >= 4 is 5.97 Å². The van der Waals surface area contributed by atoms with Gasteiger partial charge in [-0.3, -0.25) is 0 Å². The zero-order valence-electron chi connectivity index (χ0n) is 6.33. The third-order valence-electron chi connectivity index (χ3n) is 1.08. The van der Waals surface area contributed by atoms with Crippen LogP contribution in [0.3, 0.4) is 0 Å². The van der Waals surface area contributed by atoms with Gasteiger partial charge in [0, 0.05) is 6.42 Å². The van der Waals surface area contributed by atoms with Gasteiger partial charge in [0.2, 0.25) is 5.70 Å². The minimum absolute atomic E-state index is 0.177. The first-order chi connectivity index (χ1) is 5.17. The Labute approximate surface area is 63.6 Å². The number of hydrogen-bond donors (Lipinski definition) is 1. The molecule has 62 valence electrons. The van der Waals surface area contributed by atoms with Crippen molar-refractivity contribution in [1.29, 1.82) is 0 Å². The van der Waals surface area contributed by atoms with Crippen LogP contribution in [-0.2, 0) is 9.53 Å². The SMILES string of the molecule is CC/C(O)=C(\N=O)C(=O)OC. The third-order valence-corrected chi connectivity index (χ3v) is 1.08. The molecule has 0 saturated carbocycles. The van der Waals surface area contributed by atoms with Crippen LogP contribution in [0.15, 0.2) is 16.6 Å². The number of nitrogens with zero attached hydrogens (tertiary/aromatic N) is 1. The van der Waals surface area contributed by atoms with Gasteiger partial charge in [0.1, 0.15) is 5.76 Å². The summed E-state index contributed by atoms with van der Waals surface area (Å²) in [7, 11) is 1.11. The van der Waals surface area contributed by atoms with E-state index in [1.807, 2.05) is 0 Å². The molecule has 11 heavy (non-hydrogen) atoms. The highest BCUT2D eigenvalue weighted by atomic mass is 16.5. The lowest BCUT2D eigenvalue weighted by atomic mass is 10.3. The fourth-order valence-corrected chi connectivity index (χ4v) is 0.472. The summed E-state index contributed by atoms with van der Waals surface area (Å²) in [5.41, 5.74) is -0.560. The molecule has 0 aromatic carbocycles. The average molecular weight is 159 g/mol. The topological polar surface area (TPSA) is 76.0 Å². The molecule has 0 rings (SSSR count). The summed E-state index contributed by atoms with van der Waals surface area (Å²) in [6.07, 6.45) is 0.177. The first-order valence-electron chi connectivity index (χ1n) is 3.01. The van der Waals surface area contributed by atoms with Crippen molar-refractivity contribution in [2.75, 3.05) is 7.11 Å². The molecule has 0 bridgehead atoms. The number of aliphatic hydroxyl groups is 1. The Hall–Kier alpha value is -1.39. The molecular weight excluding hydrogens is 150 g/mol. The smallest absolute Gasteiger partial charge is 0.363 e. The summed E-state index contributed by atoms with van der Waals surface area (Å²) in [5, 5.41) is 11.2. The molecule has 0 spiro atoms. The van der Waals surface area contributed by atoms with Gasteiger partial charge >= 0.3 is 5.97 Å². The zero-order valence-corrected chi connectivity index (χ0v) is 6.33. The Morgan fingerprint density at radius 2 is 2.18 bits per heavy atom. The lowest BCUT2D eigenvalue weighted by Crippen LogP contribution is -2.05. The van der Waals surface area contributed by atoms with Crippen molar-refractivity contribution in [1.82, 2.24) is 0 Å². The van der Waals surface area contributed by atoms with Gasteiger partial charge in [0.15, 0.2) is 0 Å². The van der Waals surface area contributed by atoms with Crippen LogP contribution < -0.4 is 0 Å². The van der Waals surface area contributed by atoms with Crippen LogP contribution in [0.5, 0.6) is 0 Å². The van der Waals surface area contributed by atoms with Crippen molar-refractivity contribution in [3.63, 3.8) is 0 Å². The van der Waals surface area contributed by atoms with E-state index in [9.17, 15) is 9.70 Å². The fourth-order valence-electron chi connectivity index (χ4n) is 0.472. The van der Waals surface area contributed by atoms with Gasteiger partial charge in [0.05, 0.1) is 7.11 Å². The van der Waals surface area contributed by atoms with Crippen molar-refractivity contribution < 1.29 is 14.6 Å². The zero-order chi connectivity index (χ0) is 8.85. The van der Waals surface area contributed by atoms with Gasteiger partial charge in [-0.25, -0.2) is 4.79 Å². The normalized spacial score (nSPS) is 11.8. The van der Waals surface area contributed by atoms with Crippen LogP contribution in [-0.4, -0.2) is 18.2 Å². The van der Waals surface area contributed by atoms with E-state index >= 15 is 0 Å². The maximum absolute atomic E-state index is 10.6. The molecule has 0 aliphatic heterocycles. The van der Waals surface area contributed by atoms with Crippen molar-refractivity contribution in [3.8, 4) is 0 Å². The summed E-state index contributed by atoms with van der Waals surface area (Å²) >= 11 is 0. The summed E-state index contributed by atoms with van der Waals surface area (Å²) in [6.45, 7) is 1.59. The Balaban J connectivity index is 4.64. The van der Waals surface area contributed by atoms with Crippen molar-refractivity contribution in [2.24, 2.45) is 5.18 Å². The van der Waals surface area contributed by atoms with Crippen LogP contribution in [0.1, 0.15) is 13.3 Å². The highest BCUT2D eigenvalue weighted by Gasteiger charge is 2.14. The molecule has 0 amide bonds. The number of carbonyl (C=O) groups excluding carboxylic acids is 1. The van der Waals surface area contributed by atoms with E-state index in [4.69, 9.17) is 5.11 Å². The molecule has 0 aliphatic rings. The molecule has 0 heterocycles.